The molecule has 0 unspecified atom stereocenters. The zero-order valence-corrected chi connectivity index (χ0v) is 27.7. The van der Waals surface area contributed by atoms with Gasteiger partial charge < -0.3 is 0 Å². The third-order valence-corrected chi connectivity index (χ3v) is 22.3. The van der Waals surface area contributed by atoms with E-state index in [1.165, 1.54) is 43.8 Å². The molecule has 0 aliphatic rings. The second-order valence-corrected chi connectivity index (χ2v) is 28.7. The molecule has 200 valence electrons. The summed E-state index contributed by atoms with van der Waals surface area (Å²) >= 11 is -2.26. The van der Waals surface area contributed by atoms with E-state index in [0.29, 0.717) is 0 Å². The van der Waals surface area contributed by atoms with Gasteiger partial charge in [-0.25, -0.2) is 12.1 Å². The van der Waals surface area contributed by atoms with Gasteiger partial charge in [-0.3, -0.25) is 0 Å². The fourth-order valence-corrected chi connectivity index (χ4v) is 19.6. The summed E-state index contributed by atoms with van der Waals surface area (Å²) in [6.07, 6.45) is 0. The van der Waals surface area contributed by atoms with E-state index < -0.39 is 23.4 Å². The van der Waals surface area contributed by atoms with E-state index in [4.69, 9.17) is 17.0 Å². The van der Waals surface area contributed by atoms with Crippen LogP contribution in [0.1, 0.15) is 11.1 Å². The second kappa shape index (κ2) is 15.9. The summed E-state index contributed by atoms with van der Waals surface area (Å²) in [5, 5.41) is 2.66. The molecule has 0 bridgehead atoms. The van der Waals surface area contributed by atoms with Crippen molar-refractivity contribution in [1.82, 2.24) is 0 Å². The van der Waals surface area contributed by atoms with E-state index in [1.54, 1.807) is 0 Å². The fourth-order valence-electron chi connectivity index (χ4n) is 4.34. The van der Waals surface area contributed by atoms with Crippen molar-refractivity contribution in [3.63, 3.8) is 0 Å². The summed E-state index contributed by atoms with van der Waals surface area (Å²) in [7, 11) is 12.6. The summed E-state index contributed by atoms with van der Waals surface area (Å²) < 4.78 is 0. The van der Waals surface area contributed by atoms with Gasteiger partial charge in [-0.2, -0.15) is 46.5 Å². The van der Waals surface area contributed by atoms with Crippen LogP contribution in [0.2, 0.25) is 0 Å². The molecule has 0 N–H and O–H groups in total. The topological polar surface area (TPSA) is 0 Å². The molecule has 0 saturated carbocycles. The Bertz CT molecular complexity index is 1480. The van der Waals surface area contributed by atoms with Crippen LogP contribution in [-0.4, -0.2) is 5.43 Å². The molecule has 6 rings (SSSR count). The molecular formula is C36H32Cl2SiZr-2. The molecule has 0 atom stereocenters. The van der Waals surface area contributed by atoms with E-state index in [1.807, 2.05) is 24.3 Å². The van der Waals surface area contributed by atoms with E-state index >= 15 is 0 Å². The van der Waals surface area contributed by atoms with Gasteiger partial charge in [0.05, 0.1) is 0 Å². The van der Waals surface area contributed by atoms with E-state index in [0.717, 1.165) is 0 Å². The molecular weight excluding hydrogens is 623 g/mol. The van der Waals surface area contributed by atoms with Gasteiger partial charge in [0.15, 0.2) is 0 Å². The third-order valence-electron chi connectivity index (χ3n) is 6.35. The number of benzene rings is 4. The summed E-state index contributed by atoms with van der Waals surface area (Å²) in [6, 6.07) is 54.8. The molecule has 40 heavy (non-hydrogen) atoms. The zero-order valence-electron chi connectivity index (χ0n) is 22.8. The first-order valence-electron chi connectivity index (χ1n) is 13.2. The predicted molar refractivity (Wildman–Crippen MR) is 174 cm³/mol. The summed E-state index contributed by atoms with van der Waals surface area (Å²) in [6.45, 7) is 4.24. The molecule has 0 fully saturated rings. The zero-order chi connectivity index (χ0) is 28.2. The molecule has 6 aromatic carbocycles. The molecule has 4 heteroatoms. The van der Waals surface area contributed by atoms with Crippen molar-refractivity contribution in [3.05, 3.63) is 169 Å². The average molecular weight is 655 g/mol. The number of aryl methyl sites for hydroxylation is 2. The van der Waals surface area contributed by atoms with E-state index in [2.05, 4.69) is 147 Å². The van der Waals surface area contributed by atoms with Crippen LogP contribution in [0, 0.1) is 13.8 Å². The van der Waals surface area contributed by atoms with Gasteiger partial charge in [-0.1, -0.05) is 85.6 Å². The van der Waals surface area contributed by atoms with Crippen molar-refractivity contribution < 1.29 is 18.0 Å². The van der Waals surface area contributed by atoms with Crippen LogP contribution < -0.4 is 10.4 Å². The first kappa shape index (κ1) is 30.2. The Morgan fingerprint density at radius 3 is 1.07 bits per heavy atom. The van der Waals surface area contributed by atoms with Crippen molar-refractivity contribution in [3.8, 4) is 22.3 Å². The van der Waals surface area contributed by atoms with Crippen molar-refractivity contribution in [2.75, 3.05) is 0 Å². The van der Waals surface area contributed by atoms with Gasteiger partial charge in [0.1, 0.15) is 0 Å². The molecule has 0 spiro atoms. The van der Waals surface area contributed by atoms with Crippen LogP contribution in [-0.2, 0) is 18.0 Å². The molecule has 6 aromatic rings. The number of halogens is 2. The SMILES string of the molecule is Cc1cc(-c2ccccc2)c[cH-]1.Cc1cc(-c2ccccc2)c[cH-]1.[Cl][Zr]([Cl])=[Si](c1ccccc1)c1ccccc1. The number of hydrogen-bond acceptors (Lipinski definition) is 0. The van der Waals surface area contributed by atoms with Crippen LogP contribution in [0.15, 0.2) is 158 Å². The minimum atomic E-state index is -2.26. The van der Waals surface area contributed by atoms with Crippen molar-refractivity contribution >= 4 is 32.8 Å². The Kier molecular flexibility index (Phi) is 12.0. The first-order chi connectivity index (χ1) is 19.5. The monoisotopic (exact) mass is 652 g/mol. The van der Waals surface area contributed by atoms with Gasteiger partial charge in [0, 0.05) is 0 Å². The van der Waals surface area contributed by atoms with Crippen LogP contribution in [0.4, 0.5) is 0 Å². The molecule has 0 aromatic heterocycles. The van der Waals surface area contributed by atoms with Gasteiger partial charge in [-0.15, -0.1) is 0 Å². The molecule has 0 amide bonds. The molecule has 0 aliphatic heterocycles. The Balaban J connectivity index is 0.000000141. The Morgan fingerprint density at radius 2 is 0.800 bits per heavy atom. The van der Waals surface area contributed by atoms with Crippen LogP contribution in [0.25, 0.3) is 22.3 Å². The molecule has 0 nitrogen and oxygen atoms in total. The Hall–Kier alpha value is -2.74. The van der Waals surface area contributed by atoms with Gasteiger partial charge >= 0.3 is 111 Å². The standard InChI is InChI=1S/C12H10Si.2C12H11.2ClH.Zr/c1-3-7-11(8-4-1)13-12-9-5-2-6-10-12;2*1-10-7-8-12(9-10)11-5-3-2-4-6-11;;;/h1-10H;2*2-9H,1H3;2*1H;/q;2*-1;;;+2/p-2. The molecule has 0 aliphatic carbocycles. The minimum absolute atomic E-state index is 0.889. The maximum absolute atomic E-state index is 6.32. The van der Waals surface area contributed by atoms with Gasteiger partial charge in [0.2, 0.25) is 0 Å². The Morgan fingerprint density at radius 1 is 0.475 bits per heavy atom. The first-order valence-corrected chi connectivity index (χ1v) is 24.8. The molecule has 0 heterocycles. The fraction of sp³-hybridized carbons (Fsp3) is 0.0556. The van der Waals surface area contributed by atoms with Crippen LogP contribution in [0.3, 0.4) is 0 Å². The predicted octanol–water partition coefficient (Wildman–Crippen LogP) is 9.48. The van der Waals surface area contributed by atoms with Crippen LogP contribution in [0.5, 0.6) is 0 Å². The number of rotatable bonds is 4. The van der Waals surface area contributed by atoms with E-state index in [9.17, 15) is 0 Å². The number of hydrogen-bond donors (Lipinski definition) is 0. The third kappa shape index (κ3) is 9.15. The Labute approximate surface area is 253 Å². The molecule has 0 radical (unpaired) electrons. The van der Waals surface area contributed by atoms with Crippen molar-refractivity contribution in [1.29, 1.82) is 0 Å². The maximum atomic E-state index is 6.32. The summed E-state index contributed by atoms with van der Waals surface area (Å²) in [4.78, 5) is 0. The normalized spacial score (nSPS) is 10.0. The molecule has 0 saturated heterocycles. The average Bonchev–Trinajstić information content (AvgIpc) is 3.64. The van der Waals surface area contributed by atoms with Crippen molar-refractivity contribution in [2.24, 2.45) is 0 Å². The van der Waals surface area contributed by atoms with E-state index in [-0.39, 0.29) is 0 Å². The quantitative estimate of drug-likeness (QED) is 0.131. The van der Waals surface area contributed by atoms with Crippen LogP contribution >= 0.6 is 17.0 Å². The van der Waals surface area contributed by atoms with Gasteiger partial charge in [0.25, 0.3) is 0 Å². The van der Waals surface area contributed by atoms with Gasteiger partial charge in [-0.05, 0) is 0 Å². The second-order valence-electron chi connectivity index (χ2n) is 9.45. The van der Waals surface area contributed by atoms with Crippen molar-refractivity contribution in [2.45, 2.75) is 13.8 Å². The summed E-state index contributed by atoms with van der Waals surface area (Å²) in [5.74, 6) is 0. The summed E-state index contributed by atoms with van der Waals surface area (Å²) in [5.41, 5.74) is 6.99.